The maximum Gasteiger partial charge on any atom is 0.409 e. The Balaban J connectivity index is 2.67. The van der Waals surface area contributed by atoms with Crippen molar-refractivity contribution in [2.24, 2.45) is 17.3 Å². The van der Waals surface area contributed by atoms with Gasteiger partial charge in [0.25, 0.3) is 0 Å². The van der Waals surface area contributed by atoms with E-state index >= 15 is 0 Å². The molecule has 0 unspecified atom stereocenters. The zero-order valence-electron chi connectivity index (χ0n) is 7.80. The monoisotopic (exact) mass is 208 g/mol. The molecule has 0 aromatic carbocycles. The minimum absolute atomic E-state index is 0.113. The zero-order chi connectivity index (χ0) is 11.1. The van der Waals surface area contributed by atoms with Gasteiger partial charge in [-0.15, -0.1) is 0 Å². The molecule has 0 aliphatic heterocycles. The first-order valence-electron chi connectivity index (χ1n) is 4.15. The van der Waals surface area contributed by atoms with E-state index in [-0.39, 0.29) is 6.08 Å². The molecule has 0 saturated heterocycles. The molecule has 0 bridgehead atoms. The Bertz CT molecular complexity index is 278. The SMILES string of the molecule is CC1(C)[C@H](/C=C/C(F)(F)F)[C@@H]1C(=O)O. The Morgan fingerprint density at radius 2 is 1.93 bits per heavy atom. The molecule has 0 aromatic heterocycles. The molecule has 2 nitrogen and oxygen atoms in total. The van der Waals surface area contributed by atoms with Gasteiger partial charge < -0.3 is 5.11 Å². The molecule has 5 heteroatoms. The quantitative estimate of drug-likeness (QED) is 0.708. The van der Waals surface area contributed by atoms with Gasteiger partial charge in [0, 0.05) is 6.08 Å². The Hall–Kier alpha value is -1.00. The van der Waals surface area contributed by atoms with Gasteiger partial charge in [-0.3, -0.25) is 4.79 Å². The zero-order valence-corrected chi connectivity index (χ0v) is 7.80. The number of carboxylic acids is 1. The number of carboxylic acid groups (broad SMARTS) is 1. The van der Waals surface area contributed by atoms with Crippen molar-refractivity contribution in [3.8, 4) is 0 Å². The fourth-order valence-electron chi connectivity index (χ4n) is 1.72. The average Bonchev–Trinajstić information content (AvgIpc) is 2.47. The van der Waals surface area contributed by atoms with Crippen LogP contribution in [0.15, 0.2) is 12.2 Å². The van der Waals surface area contributed by atoms with Crippen molar-refractivity contribution >= 4 is 5.97 Å². The van der Waals surface area contributed by atoms with E-state index in [1.165, 1.54) is 0 Å². The summed E-state index contributed by atoms with van der Waals surface area (Å²) in [6, 6.07) is 0. The molecule has 14 heavy (non-hydrogen) atoms. The average molecular weight is 208 g/mol. The van der Waals surface area contributed by atoms with Crippen molar-refractivity contribution in [2.45, 2.75) is 20.0 Å². The van der Waals surface area contributed by atoms with E-state index in [2.05, 4.69) is 0 Å². The molecule has 1 fully saturated rings. The third-order valence-electron chi connectivity index (χ3n) is 2.67. The van der Waals surface area contributed by atoms with Crippen molar-refractivity contribution in [3.63, 3.8) is 0 Å². The number of hydrogen-bond donors (Lipinski definition) is 1. The lowest BCUT2D eigenvalue weighted by molar-refractivity contribution is -0.139. The predicted octanol–water partition coefficient (Wildman–Crippen LogP) is 2.46. The molecule has 80 valence electrons. The molecule has 0 aromatic rings. The Kier molecular flexibility index (Phi) is 2.37. The molecule has 0 spiro atoms. The van der Waals surface area contributed by atoms with Gasteiger partial charge in [0.15, 0.2) is 0 Å². The smallest absolute Gasteiger partial charge is 0.409 e. The molecule has 1 N–H and O–H groups in total. The molecule has 2 atom stereocenters. The summed E-state index contributed by atoms with van der Waals surface area (Å²) >= 11 is 0. The number of aliphatic carboxylic acids is 1. The summed E-state index contributed by atoms with van der Waals surface area (Å²) in [4.78, 5) is 10.6. The van der Waals surface area contributed by atoms with Crippen molar-refractivity contribution in [3.05, 3.63) is 12.2 Å². The van der Waals surface area contributed by atoms with Gasteiger partial charge in [0.2, 0.25) is 0 Å². The summed E-state index contributed by atoms with van der Waals surface area (Å²) in [6.45, 7) is 3.30. The van der Waals surface area contributed by atoms with Gasteiger partial charge in [-0.05, 0) is 11.3 Å². The third kappa shape index (κ3) is 2.08. The number of alkyl halides is 3. The summed E-state index contributed by atoms with van der Waals surface area (Å²) in [5.41, 5.74) is -0.562. The van der Waals surface area contributed by atoms with Crippen LogP contribution in [0.1, 0.15) is 13.8 Å². The number of allylic oxidation sites excluding steroid dienone is 2. The first kappa shape index (κ1) is 11.1. The maximum atomic E-state index is 11.8. The lowest BCUT2D eigenvalue weighted by atomic mass is 10.1. The lowest BCUT2D eigenvalue weighted by Gasteiger charge is -1.98. The fraction of sp³-hybridized carbons (Fsp3) is 0.667. The van der Waals surface area contributed by atoms with Crippen molar-refractivity contribution in [1.82, 2.24) is 0 Å². The minimum Gasteiger partial charge on any atom is -0.481 e. The Morgan fingerprint density at radius 1 is 1.43 bits per heavy atom. The van der Waals surface area contributed by atoms with Gasteiger partial charge in [-0.25, -0.2) is 0 Å². The number of carbonyl (C=O) groups is 1. The van der Waals surface area contributed by atoms with E-state index in [0.717, 1.165) is 6.08 Å². The highest BCUT2D eigenvalue weighted by atomic mass is 19.4. The molecular formula is C9H11F3O2. The van der Waals surface area contributed by atoms with Crippen molar-refractivity contribution in [1.29, 1.82) is 0 Å². The summed E-state index contributed by atoms with van der Waals surface area (Å²) in [6.07, 6.45) is -3.30. The van der Waals surface area contributed by atoms with Crippen LogP contribution < -0.4 is 0 Å². The second kappa shape index (κ2) is 3.00. The molecule has 1 aliphatic carbocycles. The molecule has 0 amide bonds. The van der Waals surface area contributed by atoms with Crippen LogP contribution >= 0.6 is 0 Å². The standard InChI is InChI=1S/C9H11F3O2/c1-8(2)5(6(8)7(13)14)3-4-9(10,11)12/h3-6H,1-2H3,(H,13,14)/b4-3+/t5-,6-/m1/s1. The molecule has 1 aliphatic rings. The van der Waals surface area contributed by atoms with Crippen LogP contribution in [0.2, 0.25) is 0 Å². The minimum atomic E-state index is -4.36. The first-order valence-corrected chi connectivity index (χ1v) is 4.15. The van der Waals surface area contributed by atoms with Gasteiger partial charge in [0.1, 0.15) is 0 Å². The molecule has 0 radical (unpaired) electrons. The molecule has 0 heterocycles. The highest BCUT2D eigenvalue weighted by Crippen LogP contribution is 2.59. The summed E-state index contributed by atoms with van der Waals surface area (Å²) in [5.74, 6) is -2.24. The number of rotatable bonds is 2. The van der Waals surface area contributed by atoms with Gasteiger partial charge in [-0.2, -0.15) is 13.2 Å². The first-order chi connectivity index (χ1) is 6.16. The van der Waals surface area contributed by atoms with E-state index in [0.29, 0.717) is 0 Å². The summed E-state index contributed by atoms with van der Waals surface area (Å²) < 4.78 is 35.4. The van der Waals surface area contributed by atoms with Crippen LogP contribution in [-0.4, -0.2) is 17.3 Å². The fourth-order valence-corrected chi connectivity index (χ4v) is 1.72. The predicted molar refractivity (Wildman–Crippen MR) is 43.6 cm³/mol. The Morgan fingerprint density at radius 3 is 2.21 bits per heavy atom. The molecule has 1 saturated carbocycles. The number of hydrogen-bond acceptors (Lipinski definition) is 1. The van der Waals surface area contributed by atoms with Gasteiger partial charge in [-0.1, -0.05) is 19.9 Å². The second-order valence-corrected chi connectivity index (χ2v) is 4.06. The van der Waals surface area contributed by atoms with Crippen LogP contribution in [-0.2, 0) is 4.79 Å². The molecule has 1 rings (SSSR count). The van der Waals surface area contributed by atoms with E-state index in [4.69, 9.17) is 5.11 Å². The van der Waals surface area contributed by atoms with E-state index in [9.17, 15) is 18.0 Å². The normalized spacial score (nSPS) is 30.6. The van der Waals surface area contributed by atoms with E-state index in [1.54, 1.807) is 13.8 Å². The largest absolute Gasteiger partial charge is 0.481 e. The van der Waals surface area contributed by atoms with Crippen LogP contribution in [0, 0.1) is 17.3 Å². The third-order valence-corrected chi connectivity index (χ3v) is 2.67. The van der Waals surface area contributed by atoms with E-state index < -0.39 is 29.4 Å². The van der Waals surface area contributed by atoms with Crippen LogP contribution in [0.3, 0.4) is 0 Å². The van der Waals surface area contributed by atoms with Crippen molar-refractivity contribution in [2.75, 3.05) is 0 Å². The number of halogens is 3. The highest BCUT2D eigenvalue weighted by molar-refractivity contribution is 5.76. The van der Waals surface area contributed by atoms with Gasteiger partial charge >= 0.3 is 12.1 Å². The van der Waals surface area contributed by atoms with E-state index in [1.807, 2.05) is 0 Å². The van der Waals surface area contributed by atoms with Crippen LogP contribution in [0.25, 0.3) is 0 Å². The van der Waals surface area contributed by atoms with Crippen LogP contribution in [0.4, 0.5) is 13.2 Å². The van der Waals surface area contributed by atoms with Gasteiger partial charge in [0.05, 0.1) is 5.92 Å². The summed E-state index contributed by atoms with van der Waals surface area (Å²) in [5, 5.41) is 8.67. The van der Waals surface area contributed by atoms with Crippen LogP contribution in [0.5, 0.6) is 0 Å². The maximum absolute atomic E-state index is 11.8. The topological polar surface area (TPSA) is 37.3 Å². The molecular weight excluding hydrogens is 197 g/mol. The summed E-state index contributed by atoms with van der Waals surface area (Å²) in [7, 11) is 0. The van der Waals surface area contributed by atoms with Crippen molar-refractivity contribution < 1.29 is 23.1 Å². The lowest BCUT2D eigenvalue weighted by Crippen LogP contribution is -2.03. The Labute approximate surface area is 79.4 Å². The highest BCUT2D eigenvalue weighted by Gasteiger charge is 2.60. The second-order valence-electron chi connectivity index (χ2n) is 4.06.